The summed E-state index contributed by atoms with van der Waals surface area (Å²) in [6.45, 7) is 6.72. The van der Waals surface area contributed by atoms with Crippen LogP contribution in [0.1, 0.15) is 18.5 Å². The average Bonchev–Trinajstić information content (AvgIpc) is 2.91. The summed E-state index contributed by atoms with van der Waals surface area (Å²) in [5, 5.41) is 4.79. The molecule has 3 heteroatoms. The van der Waals surface area contributed by atoms with Crippen LogP contribution < -0.4 is 5.32 Å². The molecule has 0 amide bonds. The fraction of sp³-hybridized carbons (Fsp3) is 0.438. The van der Waals surface area contributed by atoms with Gasteiger partial charge >= 0.3 is 0 Å². The summed E-state index contributed by atoms with van der Waals surface area (Å²) in [5.41, 5.74) is 3.36. The highest BCUT2D eigenvalue weighted by molar-refractivity contribution is 5.91. The van der Waals surface area contributed by atoms with Crippen molar-refractivity contribution >= 4 is 16.6 Å². The van der Waals surface area contributed by atoms with E-state index in [9.17, 15) is 0 Å². The number of benzene rings is 1. The highest BCUT2D eigenvalue weighted by Gasteiger charge is 2.10. The summed E-state index contributed by atoms with van der Waals surface area (Å²) in [6.07, 6.45) is 2.72. The molecular formula is C16H21N3. The summed E-state index contributed by atoms with van der Waals surface area (Å²) in [6, 6.07) is 10.5. The largest absolute Gasteiger partial charge is 0.383 e. The zero-order valence-electron chi connectivity index (χ0n) is 11.5. The molecule has 0 atom stereocenters. The van der Waals surface area contributed by atoms with E-state index in [1.165, 1.54) is 37.0 Å². The third kappa shape index (κ3) is 2.87. The lowest BCUT2D eigenvalue weighted by Gasteiger charge is -2.16. The summed E-state index contributed by atoms with van der Waals surface area (Å²) < 4.78 is 0. The zero-order chi connectivity index (χ0) is 13.1. The van der Waals surface area contributed by atoms with Crippen LogP contribution in [0.15, 0.2) is 30.3 Å². The SMILES string of the molecule is Cc1cc(NCCN2CCCC2)c2ccccc2n1. The van der Waals surface area contributed by atoms with Crippen molar-refractivity contribution in [3.8, 4) is 0 Å². The van der Waals surface area contributed by atoms with E-state index in [-0.39, 0.29) is 0 Å². The van der Waals surface area contributed by atoms with Gasteiger partial charge in [-0.15, -0.1) is 0 Å². The Balaban J connectivity index is 1.72. The Bertz CT molecular complexity index is 559. The molecule has 3 nitrogen and oxygen atoms in total. The van der Waals surface area contributed by atoms with E-state index in [2.05, 4.69) is 46.4 Å². The molecule has 0 unspecified atom stereocenters. The zero-order valence-corrected chi connectivity index (χ0v) is 11.5. The molecule has 1 aliphatic rings. The number of anilines is 1. The Hall–Kier alpha value is -1.61. The first-order valence-corrected chi connectivity index (χ1v) is 7.15. The third-order valence-corrected chi connectivity index (χ3v) is 3.79. The fourth-order valence-corrected chi connectivity index (χ4v) is 2.81. The van der Waals surface area contributed by atoms with Crippen molar-refractivity contribution in [2.24, 2.45) is 0 Å². The molecule has 0 bridgehead atoms. The normalized spacial score (nSPS) is 16.1. The molecule has 2 heterocycles. The standard InChI is InChI=1S/C16H21N3/c1-13-12-16(14-6-2-3-7-15(14)18-13)17-8-11-19-9-4-5-10-19/h2-3,6-7,12H,4-5,8-11H2,1H3,(H,17,18). The number of hydrogen-bond donors (Lipinski definition) is 1. The second kappa shape index (κ2) is 5.57. The van der Waals surface area contributed by atoms with Crippen LogP contribution in [-0.2, 0) is 0 Å². The number of aromatic nitrogens is 1. The van der Waals surface area contributed by atoms with Gasteiger partial charge in [0, 0.05) is 29.9 Å². The van der Waals surface area contributed by atoms with Crippen LogP contribution in [0.2, 0.25) is 0 Å². The molecule has 2 aromatic rings. The molecule has 3 rings (SSSR count). The van der Waals surface area contributed by atoms with Crippen LogP contribution in [0, 0.1) is 6.92 Å². The predicted octanol–water partition coefficient (Wildman–Crippen LogP) is 3.05. The molecule has 1 aromatic carbocycles. The molecule has 0 saturated carbocycles. The average molecular weight is 255 g/mol. The fourth-order valence-electron chi connectivity index (χ4n) is 2.81. The van der Waals surface area contributed by atoms with Gasteiger partial charge in [0.25, 0.3) is 0 Å². The summed E-state index contributed by atoms with van der Waals surface area (Å²) in [7, 11) is 0. The first kappa shape index (κ1) is 12.4. The van der Waals surface area contributed by atoms with Crippen molar-refractivity contribution in [3.63, 3.8) is 0 Å². The van der Waals surface area contributed by atoms with Crippen LogP contribution in [0.25, 0.3) is 10.9 Å². The van der Waals surface area contributed by atoms with E-state index in [0.29, 0.717) is 0 Å². The minimum atomic E-state index is 1.01. The van der Waals surface area contributed by atoms with Gasteiger partial charge in [-0.25, -0.2) is 0 Å². The molecular weight excluding hydrogens is 234 g/mol. The Morgan fingerprint density at radius 3 is 2.84 bits per heavy atom. The lowest BCUT2D eigenvalue weighted by Crippen LogP contribution is -2.26. The Morgan fingerprint density at radius 1 is 1.21 bits per heavy atom. The quantitative estimate of drug-likeness (QED) is 0.910. The van der Waals surface area contributed by atoms with Crippen LogP contribution in [0.5, 0.6) is 0 Å². The van der Waals surface area contributed by atoms with Crippen molar-refractivity contribution in [1.82, 2.24) is 9.88 Å². The predicted molar refractivity (Wildman–Crippen MR) is 80.6 cm³/mol. The number of nitrogens with zero attached hydrogens (tertiary/aromatic N) is 2. The van der Waals surface area contributed by atoms with Crippen LogP contribution >= 0.6 is 0 Å². The van der Waals surface area contributed by atoms with Gasteiger partial charge in [0.15, 0.2) is 0 Å². The number of pyridine rings is 1. The Kier molecular flexibility index (Phi) is 3.65. The van der Waals surface area contributed by atoms with Crippen molar-refractivity contribution < 1.29 is 0 Å². The molecule has 0 spiro atoms. The van der Waals surface area contributed by atoms with Crippen molar-refractivity contribution in [2.75, 3.05) is 31.5 Å². The van der Waals surface area contributed by atoms with Gasteiger partial charge in [0.2, 0.25) is 0 Å². The Labute approximate surface area is 114 Å². The van der Waals surface area contributed by atoms with E-state index in [1.54, 1.807) is 0 Å². The molecule has 1 aliphatic heterocycles. The minimum absolute atomic E-state index is 1.01. The first-order valence-electron chi connectivity index (χ1n) is 7.15. The lowest BCUT2D eigenvalue weighted by atomic mass is 10.1. The van der Waals surface area contributed by atoms with Gasteiger partial charge in [-0.2, -0.15) is 0 Å². The van der Waals surface area contributed by atoms with E-state index >= 15 is 0 Å². The third-order valence-electron chi connectivity index (χ3n) is 3.79. The molecule has 1 fully saturated rings. The number of para-hydroxylation sites is 1. The van der Waals surface area contributed by atoms with Crippen molar-refractivity contribution in [3.05, 3.63) is 36.0 Å². The summed E-state index contributed by atoms with van der Waals surface area (Å²) >= 11 is 0. The number of aryl methyl sites for hydroxylation is 1. The van der Waals surface area contributed by atoms with E-state index in [1.807, 2.05) is 6.07 Å². The second-order valence-electron chi connectivity index (χ2n) is 5.30. The minimum Gasteiger partial charge on any atom is -0.383 e. The van der Waals surface area contributed by atoms with Gasteiger partial charge in [-0.05, 0) is 45.0 Å². The second-order valence-corrected chi connectivity index (χ2v) is 5.30. The van der Waals surface area contributed by atoms with Gasteiger partial charge in [-0.1, -0.05) is 18.2 Å². The number of rotatable bonds is 4. The highest BCUT2D eigenvalue weighted by atomic mass is 15.1. The van der Waals surface area contributed by atoms with Gasteiger partial charge in [0.1, 0.15) is 0 Å². The van der Waals surface area contributed by atoms with E-state index in [4.69, 9.17) is 0 Å². The van der Waals surface area contributed by atoms with Crippen LogP contribution in [0.3, 0.4) is 0 Å². The highest BCUT2D eigenvalue weighted by Crippen LogP contribution is 2.22. The maximum atomic E-state index is 4.57. The molecule has 1 N–H and O–H groups in total. The maximum Gasteiger partial charge on any atom is 0.0725 e. The number of fused-ring (bicyclic) bond motifs is 1. The monoisotopic (exact) mass is 255 g/mol. The number of likely N-dealkylation sites (tertiary alicyclic amines) is 1. The Morgan fingerprint density at radius 2 is 2.00 bits per heavy atom. The van der Waals surface area contributed by atoms with Crippen LogP contribution in [-0.4, -0.2) is 36.1 Å². The number of hydrogen-bond acceptors (Lipinski definition) is 3. The van der Waals surface area contributed by atoms with Crippen molar-refractivity contribution in [2.45, 2.75) is 19.8 Å². The van der Waals surface area contributed by atoms with E-state index < -0.39 is 0 Å². The molecule has 0 radical (unpaired) electrons. The first-order chi connectivity index (χ1) is 9.33. The van der Waals surface area contributed by atoms with Gasteiger partial charge in [0.05, 0.1) is 5.52 Å². The van der Waals surface area contributed by atoms with Gasteiger partial charge < -0.3 is 10.2 Å². The van der Waals surface area contributed by atoms with Gasteiger partial charge in [-0.3, -0.25) is 4.98 Å². The topological polar surface area (TPSA) is 28.2 Å². The summed E-state index contributed by atoms with van der Waals surface area (Å²) in [5.74, 6) is 0. The molecule has 100 valence electrons. The molecule has 1 aromatic heterocycles. The summed E-state index contributed by atoms with van der Waals surface area (Å²) in [4.78, 5) is 7.10. The lowest BCUT2D eigenvalue weighted by molar-refractivity contribution is 0.353. The molecule has 1 saturated heterocycles. The van der Waals surface area contributed by atoms with Crippen LogP contribution in [0.4, 0.5) is 5.69 Å². The number of nitrogens with one attached hydrogen (secondary N) is 1. The maximum absolute atomic E-state index is 4.57. The van der Waals surface area contributed by atoms with Crippen molar-refractivity contribution in [1.29, 1.82) is 0 Å². The van der Waals surface area contributed by atoms with E-state index in [0.717, 1.165) is 24.3 Å². The molecule has 0 aliphatic carbocycles. The smallest absolute Gasteiger partial charge is 0.0725 e. The molecule has 19 heavy (non-hydrogen) atoms.